The molecule has 0 saturated heterocycles. The van der Waals surface area contributed by atoms with E-state index in [-0.39, 0.29) is 5.92 Å². The summed E-state index contributed by atoms with van der Waals surface area (Å²) in [6.45, 7) is 4.23. The highest BCUT2D eigenvalue weighted by Gasteiger charge is 2.39. The lowest BCUT2D eigenvalue weighted by atomic mass is 9.80. The van der Waals surface area contributed by atoms with Gasteiger partial charge in [0, 0.05) is 7.11 Å². The van der Waals surface area contributed by atoms with Gasteiger partial charge in [-0.15, -0.1) is 0 Å². The van der Waals surface area contributed by atoms with E-state index in [1.54, 1.807) is 0 Å². The average molecular weight is 288 g/mol. The van der Waals surface area contributed by atoms with E-state index >= 15 is 0 Å². The third-order valence-corrected chi connectivity index (χ3v) is 4.51. The molecule has 1 nitrogen and oxygen atoms in total. The van der Waals surface area contributed by atoms with Crippen molar-refractivity contribution in [3.63, 3.8) is 0 Å². The molecule has 0 heterocycles. The Labute approximate surface area is 122 Å². The van der Waals surface area contributed by atoms with Crippen LogP contribution < -0.4 is 0 Å². The van der Waals surface area contributed by atoms with Crippen molar-refractivity contribution in [3.05, 3.63) is 12.2 Å². The third-order valence-electron chi connectivity index (χ3n) is 4.51. The van der Waals surface area contributed by atoms with Crippen LogP contribution in [0.2, 0.25) is 0 Å². The maximum Gasteiger partial charge on any atom is 0.157 e. The van der Waals surface area contributed by atoms with E-state index in [9.17, 15) is 8.78 Å². The van der Waals surface area contributed by atoms with Crippen LogP contribution in [-0.4, -0.2) is 25.6 Å². The van der Waals surface area contributed by atoms with Gasteiger partial charge in [-0.25, -0.2) is 8.78 Å². The zero-order valence-electron chi connectivity index (χ0n) is 13.2. The molecule has 5 atom stereocenters. The molecule has 0 radical (unpaired) electrons. The molecule has 5 unspecified atom stereocenters. The summed E-state index contributed by atoms with van der Waals surface area (Å²) in [4.78, 5) is 0. The van der Waals surface area contributed by atoms with Gasteiger partial charge in [0.15, 0.2) is 6.17 Å². The van der Waals surface area contributed by atoms with Gasteiger partial charge in [-0.1, -0.05) is 31.9 Å². The largest absolute Gasteiger partial charge is 0.378 e. The first kappa shape index (κ1) is 17.6. The van der Waals surface area contributed by atoms with E-state index in [0.717, 1.165) is 25.7 Å². The van der Waals surface area contributed by atoms with Crippen LogP contribution in [0.1, 0.15) is 58.8 Å². The van der Waals surface area contributed by atoms with Crippen LogP contribution in [0.4, 0.5) is 8.78 Å². The summed E-state index contributed by atoms with van der Waals surface area (Å²) in [7, 11) is 1.47. The van der Waals surface area contributed by atoms with Crippen molar-refractivity contribution < 1.29 is 13.5 Å². The predicted octanol–water partition coefficient (Wildman–Crippen LogP) is 5.25. The van der Waals surface area contributed by atoms with E-state index in [1.165, 1.54) is 20.0 Å². The standard InChI is InChI=1S/C17H30F2O/c1-4-7-13(8-5-2)9-6-10-14-11-12-15(20-3)17(19)16(14)18/h4,7,13-17H,5-6,8-12H2,1-3H3/b7-4+. The van der Waals surface area contributed by atoms with Gasteiger partial charge in [0.1, 0.15) is 6.17 Å². The molecule has 0 aromatic heterocycles. The van der Waals surface area contributed by atoms with Crippen molar-refractivity contribution in [1.29, 1.82) is 0 Å². The van der Waals surface area contributed by atoms with Gasteiger partial charge in [0.25, 0.3) is 0 Å². The minimum absolute atomic E-state index is 0.121. The van der Waals surface area contributed by atoms with Gasteiger partial charge in [-0.05, 0) is 50.9 Å². The summed E-state index contributed by atoms with van der Waals surface area (Å²) in [5.74, 6) is 0.476. The van der Waals surface area contributed by atoms with E-state index < -0.39 is 18.4 Å². The molecule has 20 heavy (non-hydrogen) atoms. The molecule has 0 aromatic rings. The summed E-state index contributed by atoms with van der Waals surface area (Å²) < 4.78 is 32.8. The number of rotatable bonds is 8. The maximum atomic E-state index is 14.0. The molecule has 0 aromatic carbocycles. The Morgan fingerprint density at radius 3 is 2.55 bits per heavy atom. The number of hydrogen-bond donors (Lipinski definition) is 0. The van der Waals surface area contributed by atoms with Crippen molar-refractivity contribution in [2.75, 3.05) is 7.11 Å². The molecule has 0 amide bonds. The van der Waals surface area contributed by atoms with Gasteiger partial charge in [-0.2, -0.15) is 0 Å². The van der Waals surface area contributed by atoms with Gasteiger partial charge in [-0.3, -0.25) is 0 Å². The predicted molar refractivity (Wildman–Crippen MR) is 80.4 cm³/mol. The molecule has 1 aliphatic rings. The molecular formula is C17H30F2O. The molecular weight excluding hydrogens is 258 g/mol. The van der Waals surface area contributed by atoms with Crippen LogP contribution in [0.25, 0.3) is 0 Å². The Bertz CT molecular complexity index is 280. The van der Waals surface area contributed by atoms with Gasteiger partial charge < -0.3 is 4.74 Å². The first-order valence-corrected chi connectivity index (χ1v) is 8.07. The van der Waals surface area contributed by atoms with Crippen LogP contribution in [0.3, 0.4) is 0 Å². The zero-order chi connectivity index (χ0) is 15.0. The fourth-order valence-electron chi connectivity index (χ4n) is 3.34. The Kier molecular flexibility index (Phi) is 8.35. The van der Waals surface area contributed by atoms with Gasteiger partial charge in [0.05, 0.1) is 6.10 Å². The highest BCUT2D eigenvalue weighted by molar-refractivity contribution is 4.90. The molecule has 3 heteroatoms. The number of methoxy groups -OCH3 is 1. The Morgan fingerprint density at radius 2 is 1.95 bits per heavy atom. The second-order valence-electron chi connectivity index (χ2n) is 6.01. The number of allylic oxidation sites excluding steroid dienone is 2. The molecule has 1 aliphatic carbocycles. The Hall–Kier alpha value is -0.440. The van der Waals surface area contributed by atoms with Crippen LogP contribution in [0.15, 0.2) is 12.2 Å². The van der Waals surface area contributed by atoms with E-state index in [0.29, 0.717) is 12.3 Å². The summed E-state index contributed by atoms with van der Waals surface area (Å²) in [5.41, 5.74) is 0. The molecule has 1 rings (SSSR count). The van der Waals surface area contributed by atoms with E-state index in [1.807, 2.05) is 6.92 Å². The molecule has 118 valence electrons. The Morgan fingerprint density at radius 1 is 1.20 bits per heavy atom. The number of halogens is 2. The van der Waals surface area contributed by atoms with Crippen molar-refractivity contribution in [3.8, 4) is 0 Å². The first-order chi connectivity index (χ1) is 9.63. The SMILES string of the molecule is C/C=C/C(CCC)CCCC1CCC(OC)C(F)C1F. The number of hydrogen-bond acceptors (Lipinski definition) is 1. The van der Waals surface area contributed by atoms with Gasteiger partial charge >= 0.3 is 0 Å². The lowest BCUT2D eigenvalue weighted by Gasteiger charge is -2.34. The quantitative estimate of drug-likeness (QED) is 0.554. The lowest BCUT2D eigenvalue weighted by Crippen LogP contribution is -2.42. The zero-order valence-corrected chi connectivity index (χ0v) is 13.2. The molecule has 0 bridgehead atoms. The maximum absolute atomic E-state index is 14.0. The minimum atomic E-state index is -1.44. The van der Waals surface area contributed by atoms with Crippen molar-refractivity contribution >= 4 is 0 Å². The van der Waals surface area contributed by atoms with E-state index in [2.05, 4.69) is 19.1 Å². The Balaban J connectivity index is 2.34. The lowest BCUT2D eigenvalue weighted by molar-refractivity contribution is -0.0575. The molecule has 0 aliphatic heterocycles. The monoisotopic (exact) mass is 288 g/mol. The normalized spacial score (nSPS) is 32.6. The highest BCUT2D eigenvalue weighted by Crippen LogP contribution is 2.34. The summed E-state index contributed by atoms with van der Waals surface area (Å²) in [5, 5.41) is 0. The van der Waals surface area contributed by atoms with Crippen molar-refractivity contribution in [2.45, 2.75) is 77.2 Å². The van der Waals surface area contributed by atoms with Crippen LogP contribution in [-0.2, 0) is 4.74 Å². The first-order valence-electron chi connectivity index (χ1n) is 8.07. The second-order valence-corrected chi connectivity index (χ2v) is 6.01. The van der Waals surface area contributed by atoms with Crippen LogP contribution in [0.5, 0.6) is 0 Å². The topological polar surface area (TPSA) is 9.23 Å². The second kappa shape index (κ2) is 9.49. The fourth-order valence-corrected chi connectivity index (χ4v) is 3.34. The van der Waals surface area contributed by atoms with Crippen molar-refractivity contribution in [1.82, 2.24) is 0 Å². The highest BCUT2D eigenvalue weighted by atomic mass is 19.2. The van der Waals surface area contributed by atoms with E-state index in [4.69, 9.17) is 4.74 Å². The molecule has 1 fully saturated rings. The average Bonchev–Trinajstić information content (AvgIpc) is 2.44. The van der Waals surface area contributed by atoms with Crippen LogP contribution in [0, 0.1) is 11.8 Å². The molecule has 1 saturated carbocycles. The molecule has 0 N–H and O–H groups in total. The van der Waals surface area contributed by atoms with Gasteiger partial charge in [0.2, 0.25) is 0 Å². The minimum Gasteiger partial charge on any atom is -0.378 e. The van der Waals surface area contributed by atoms with Crippen LogP contribution >= 0.6 is 0 Å². The number of alkyl halides is 2. The molecule has 0 spiro atoms. The third kappa shape index (κ3) is 5.16. The summed E-state index contributed by atoms with van der Waals surface area (Å²) in [6, 6.07) is 0. The van der Waals surface area contributed by atoms with Crippen molar-refractivity contribution in [2.24, 2.45) is 11.8 Å². The fraction of sp³-hybridized carbons (Fsp3) is 0.882. The summed E-state index contributed by atoms with van der Waals surface area (Å²) in [6.07, 6.45) is 7.65. The smallest absolute Gasteiger partial charge is 0.157 e. The summed E-state index contributed by atoms with van der Waals surface area (Å²) >= 11 is 0. The number of ether oxygens (including phenoxy) is 1.